The molecule has 0 radical (unpaired) electrons. The van der Waals surface area contributed by atoms with Crippen LogP contribution in [0.5, 0.6) is 0 Å². The molecule has 1 aromatic heterocycles. The van der Waals surface area contributed by atoms with Crippen molar-refractivity contribution in [2.24, 2.45) is 0 Å². The van der Waals surface area contributed by atoms with Gasteiger partial charge in [0.25, 0.3) is 5.91 Å². The standard InChI is InChI=1S/C13H11BrClN3O/c1-18(8-9-7-16-5-6-17-9)13(19)10-3-2-4-11(14)12(10)15/h2-7H,8H2,1H3. The van der Waals surface area contributed by atoms with Gasteiger partial charge in [0, 0.05) is 23.9 Å². The third kappa shape index (κ3) is 3.30. The van der Waals surface area contributed by atoms with E-state index in [1.807, 2.05) is 0 Å². The average Bonchev–Trinajstić information content (AvgIpc) is 2.42. The number of carbonyl (C=O) groups is 1. The fourth-order valence-corrected chi connectivity index (χ4v) is 2.17. The van der Waals surface area contributed by atoms with E-state index in [0.29, 0.717) is 21.6 Å². The van der Waals surface area contributed by atoms with Crippen molar-refractivity contribution >= 4 is 33.4 Å². The van der Waals surface area contributed by atoms with Gasteiger partial charge in [0.15, 0.2) is 0 Å². The van der Waals surface area contributed by atoms with E-state index in [1.54, 1.807) is 48.7 Å². The van der Waals surface area contributed by atoms with E-state index in [4.69, 9.17) is 11.6 Å². The quantitative estimate of drug-likeness (QED) is 0.862. The third-order valence-corrected chi connectivity index (χ3v) is 3.84. The van der Waals surface area contributed by atoms with Gasteiger partial charge in [-0.3, -0.25) is 14.8 Å². The molecule has 0 bridgehead atoms. The molecule has 0 aliphatic heterocycles. The normalized spacial score (nSPS) is 10.3. The van der Waals surface area contributed by atoms with Crippen LogP contribution in [0.3, 0.4) is 0 Å². The highest BCUT2D eigenvalue weighted by molar-refractivity contribution is 9.10. The fraction of sp³-hybridized carbons (Fsp3) is 0.154. The number of amides is 1. The maximum absolute atomic E-state index is 12.3. The second-order valence-electron chi connectivity index (χ2n) is 3.96. The van der Waals surface area contributed by atoms with Crippen molar-refractivity contribution in [3.8, 4) is 0 Å². The highest BCUT2D eigenvalue weighted by Crippen LogP contribution is 2.26. The molecule has 0 atom stereocenters. The first-order valence-electron chi connectivity index (χ1n) is 5.54. The molecule has 0 spiro atoms. The van der Waals surface area contributed by atoms with Crippen LogP contribution in [-0.4, -0.2) is 27.8 Å². The first kappa shape index (κ1) is 14.0. The average molecular weight is 341 g/mol. The monoisotopic (exact) mass is 339 g/mol. The molecule has 4 nitrogen and oxygen atoms in total. The van der Waals surface area contributed by atoms with Crippen LogP contribution in [0.25, 0.3) is 0 Å². The summed E-state index contributed by atoms with van der Waals surface area (Å²) in [7, 11) is 1.70. The number of aromatic nitrogens is 2. The molecule has 0 saturated carbocycles. The van der Waals surface area contributed by atoms with Gasteiger partial charge in [-0.15, -0.1) is 0 Å². The molecule has 0 fully saturated rings. The minimum absolute atomic E-state index is 0.156. The van der Waals surface area contributed by atoms with Crippen LogP contribution in [0.2, 0.25) is 5.02 Å². The molecular weight excluding hydrogens is 330 g/mol. The van der Waals surface area contributed by atoms with E-state index in [9.17, 15) is 4.79 Å². The highest BCUT2D eigenvalue weighted by atomic mass is 79.9. The van der Waals surface area contributed by atoms with Crippen molar-refractivity contribution in [1.29, 1.82) is 0 Å². The second kappa shape index (κ2) is 6.12. The van der Waals surface area contributed by atoms with Crippen LogP contribution >= 0.6 is 27.5 Å². The molecule has 0 unspecified atom stereocenters. The summed E-state index contributed by atoms with van der Waals surface area (Å²) in [6.07, 6.45) is 4.82. The number of nitrogens with zero attached hydrogens (tertiary/aromatic N) is 3. The number of hydrogen-bond donors (Lipinski definition) is 0. The lowest BCUT2D eigenvalue weighted by atomic mass is 10.2. The van der Waals surface area contributed by atoms with Gasteiger partial charge in [-0.25, -0.2) is 0 Å². The highest BCUT2D eigenvalue weighted by Gasteiger charge is 2.17. The topological polar surface area (TPSA) is 46.1 Å². The SMILES string of the molecule is CN(Cc1cnccn1)C(=O)c1cccc(Br)c1Cl. The van der Waals surface area contributed by atoms with Crippen LogP contribution in [0.15, 0.2) is 41.3 Å². The Balaban J connectivity index is 2.18. The molecule has 1 aromatic carbocycles. The molecule has 0 saturated heterocycles. The summed E-state index contributed by atoms with van der Waals surface area (Å²) in [5.74, 6) is -0.156. The molecule has 0 aliphatic rings. The van der Waals surface area contributed by atoms with Gasteiger partial charge in [-0.2, -0.15) is 0 Å². The predicted molar refractivity (Wildman–Crippen MR) is 77.0 cm³/mol. The Hall–Kier alpha value is -1.46. The third-order valence-electron chi connectivity index (χ3n) is 2.54. The van der Waals surface area contributed by atoms with E-state index in [-0.39, 0.29) is 5.91 Å². The Morgan fingerprint density at radius 2 is 2.21 bits per heavy atom. The maximum atomic E-state index is 12.3. The second-order valence-corrected chi connectivity index (χ2v) is 5.19. The summed E-state index contributed by atoms with van der Waals surface area (Å²) >= 11 is 9.42. The van der Waals surface area contributed by atoms with E-state index in [0.717, 1.165) is 5.69 Å². The van der Waals surface area contributed by atoms with Crippen LogP contribution < -0.4 is 0 Å². The van der Waals surface area contributed by atoms with Crippen molar-refractivity contribution < 1.29 is 4.79 Å². The zero-order chi connectivity index (χ0) is 13.8. The minimum Gasteiger partial charge on any atom is -0.336 e. The summed E-state index contributed by atoms with van der Waals surface area (Å²) < 4.78 is 0.702. The van der Waals surface area contributed by atoms with E-state index >= 15 is 0 Å². The lowest BCUT2D eigenvalue weighted by Gasteiger charge is -2.17. The van der Waals surface area contributed by atoms with Crippen LogP contribution in [0, 0.1) is 0 Å². The number of benzene rings is 1. The van der Waals surface area contributed by atoms with Gasteiger partial charge in [0.05, 0.1) is 29.0 Å². The molecule has 19 heavy (non-hydrogen) atoms. The summed E-state index contributed by atoms with van der Waals surface area (Å²) in [4.78, 5) is 22.0. The Morgan fingerprint density at radius 3 is 2.89 bits per heavy atom. The summed E-state index contributed by atoms with van der Waals surface area (Å²) in [6.45, 7) is 0.384. The molecule has 1 heterocycles. The van der Waals surface area contributed by atoms with E-state index in [1.165, 1.54) is 0 Å². The van der Waals surface area contributed by atoms with Gasteiger partial charge in [0.2, 0.25) is 0 Å². The Bertz CT molecular complexity index is 592. The number of rotatable bonds is 3. The van der Waals surface area contributed by atoms with Crippen molar-refractivity contribution in [2.75, 3.05) is 7.05 Å². The summed E-state index contributed by atoms with van der Waals surface area (Å²) in [5.41, 5.74) is 1.19. The van der Waals surface area contributed by atoms with Gasteiger partial charge < -0.3 is 4.90 Å². The first-order chi connectivity index (χ1) is 9.09. The fourth-order valence-electron chi connectivity index (χ4n) is 1.60. The lowest BCUT2D eigenvalue weighted by Crippen LogP contribution is -2.27. The van der Waals surface area contributed by atoms with Gasteiger partial charge >= 0.3 is 0 Å². The van der Waals surface area contributed by atoms with Crippen molar-refractivity contribution in [2.45, 2.75) is 6.54 Å². The van der Waals surface area contributed by atoms with E-state index in [2.05, 4.69) is 25.9 Å². The molecule has 0 aliphatic carbocycles. The summed E-state index contributed by atoms with van der Waals surface area (Å²) in [6, 6.07) is 5.27. The zero-order valence-corrected chi connectivity index (χ0v) is 12.5. The van der Waals surface area contributed by atoms with Crippen molar-refractivity contribution in [3.63, 3.8) is 0 Å². The molecule has 1 amide bonds. The zero-order valence-electron chi connectivity index (χ0n) is 10.2. The Morgan fingerprint density at radius 1 is 1.42 bits per heavy atom. The molecule has 0 N–H and O–H groups in total. The van der Waals surface area contributed by atoms with Gasteiger partial charge in [-0.1, -0.05) is 17.7 Å². The Labute approximate surface area is 124 Å². The van der Waals surface area contributed by atoms with Crippen LogP contribution in [-0.2, 0) is 6.54 Å². The number of hydrogen-bond acceptors (Lipinski definition) is 3. The predicted octanol–water partition coefficient (Wildman–Crippen LogP) is 3.16. The van der Waals surface area contributed by atoms with Gasteiger partial charge in [0.1, 0.15) is 0 Å². The molecule has 2 aromatic rings. The molecular formula is C13H11BrClN3O. The van der Waals surface area contributed by atoms with Gasteiger partial charge in [-0.05, 0) is 28.1 Å². The lowest BCUT2D eigenvalue weighted by molar-refractivity contribution is 0.0783. The first-order valence-corrected chi connectivity index (χ1v) is 6.71. The smallest absolute Gasteiger partial charge is 0.255 e. The molecule has 98 valence electrons. The van der Waals surface area contributed by atoms with Crippen molar-refractivity contribution in [3.05, 3.63) is 57.5 Å². The van der Waals surface area contributed by atoms with Crippen LogP contribution in [0.1, 0.15) is 16.1 Å². The maximum Gasteiger partial charge on any atom is 0.255 e. The Kier molecular flexibility index (Phi) is 4.50. The van der Waals surface area contributed by atoms with Crippen molar-refractivity contribution in [1.82, 2.24) is 14.9 Å². The molecule has 6 heteroatoms. The number of halogens is 2. The number of carbonyl (C=O) groups excluding carboxylic acids is 1. The largest absolute Gasteiger partial charge is 0.336 e. The van der Waals surface area contributed by atoms with Crippen LogP contribution in [0.4, 0.5) is 0 Å². The summed E-state index contributed by atoms with van der Waals surface area (Å²) in [5, 5.41) is 0.415. The minimum atomic E-state index is -0.156. The molecule has 2 rings (SSSR count). The van der Waals surface area contributed by atoms with E-state index < -0.39 is 0 Å².